The van der Waals surface area contributed by atoms with Gasteiger partial charge in [0.05, 0.1) is 11.1 Å². The Bertz CT molecular complexity index is 888. The van der Waals surface area contributed by atoms with Gasteiger partial charge in [-0.2, -0.15) is 0 Å². The number of amides is 3. The number of rotatable bonds is 3. The molecule has 0 fully saturated rings. The topological polar surface area (TPSA) is 102 Å². The molecule has 1 aliphatic rings. The molecule has 2 aromatic carbocycles. The number of anilines is 1. The van der Waals surface area contributed by atoms with Crippen molar-refractivity contribution in [2.24, 2.45) is 0 Å². The molecule has 0 atom stereocenters. The van der Waals surface area contributed by atoms with Gasteiger partial charge in [0.1, 0.15) is 5.75 Å². The van der Waals surface area contributed by atoms with Gasteiger partial charge in [-0.25, -0.2) is 0 Å². The molecule has 3 amide bonds. The van der Waals surface area contributed by atoms with Crippen LogP contribution < -0.4 is 15.4 Å². The molecule has 1 heterocycles. The van der Waals surface area contributed by atoms with Crippen LogP contribution in [-0.2, 0) is 4.79 Å². The third-order valence-corrected chi connectivity index (χ3v) is 3.35. The summed E-state index contributed by atoms with van der Waals surface area (Å²) in [4.78, 5) is 46.4. The molecule has 0 saturated heterocycles. The molecule has 0 radical (unpaired) electrons. The van der Waals surface area contributed by atoms with Gasteiger partial charge in [-0.1, -0.05) is 6.07 Å². The van der Waals surface area contributed by atoms with Gasteiger partial charge in [-0.15, -0.1) is 0 Å². The lowest BCUT2D eigenvalue weighted by Crippen LogP contribution is -2.19. The Balaban J connectivity index is 1.81. The smallest absolute Gasteiger partial charge is 0.308 e. The number of esters is 1. The molecule has 2 aromatic rings. The average molecular weight is 324 g/mol. The Morgan fingerprint density at radius 2 is 1.75 bits per heavy atom. The highest BCUT2D eigenvalue weighted by molar-refractivity contribution is 6.22. The SMILES string of the molecule is CC(=O)Oc1cccc(C(=O)Nc2ccc3c(c2)C(=O)NC3=O)c1. The van der Waals surface area contributed by atoms with E-state index in [9.17, 15) is 19.2 Å². The zero-order valence-corrected chi connectivity index (χ0v) is 12.6. The number of imide groups is 1. The quantitative estimate of drug-likeness (QED) is 0.509. The van der Waals surface area contributed by atoms with Gasteiger partial charge >= 0.3 is 5.97 Å². The fourth-order valence-electron chi connectivity index (χ4n) is 2.32. The molecule has 1 aliphatic heterocycles. The minimum Gasteiger partial charge on any atom is -0.427 e. The van der Waals surface area contributed by atoms with Crippen LogP contribution in [0.3, 0.4) is 0 Å². The summed E-state index contributed by atoms with van der Waals surface area (Å²) in [6.07, 6.45) is 0. The second-order valence-corrected chi connectivity index (χ2v) is 5.12. The number of carbonyl (C=O) groups excluding carboxylic acids is 4. The van der Waals surface area contributed by atoms with Gasteiger partial charge in [-0.3, -0.25) is 24.5 Å². The molecule has 120 valence electrons. The van der Waals surface area contributed by atoms with E-state index in [1.165, 1.54) is 31.2 Å². The van der Waals surface area contributed by atoms with Gasteiger partial charge < -0.3 is 10.1 Å². The summed E-state index contributed by atoms with van der Waals surface area (Å²) in [5.41, 5.74) is 1.15. The Hall–Kier alpha value is -3.48. The monoisotopic (exact) mass is 324 g/mol. The van der Waals surface area contributed by atoms with E-state index in [1.807, 2.05) is 0 Å². The first-order valence-corrected chi connectivity index (χ1v) is 7.03. The second kappa shape index (κ2) is 5.96. The molecule has 7 heteroatoms. The molecule has 0 spiro atoms. The van der Waals surface area contributed by atoms with E-state index in [2.05, 4.69) is 10.6 Å². The molecule has 3 rings (SSSR count). The molecule has 7 nitrogen and oxygen atoms in total. The lowest BCUT2D eigenvalue weighted by molar-refractivity contribution is -0.131. The van der Waals surface area contributed by atoms with E-state index in [0.717, 1.165) is 0 Å². The minimum absolute atomic E-state index is 0.214. The summed E-state index contributed by atoms with van der Waals surface area (Å²) in [6, 6.07) is 10.6. The van der Waals surface area contributed by atoms with Crippen LogP contribution in [0.15, 0.2) is 42.5 Å². The molecule has 0 unspecified atom stereocenters. The van der Waals surface area contributed by atoms with Gasteiger partial charge in [0.25, 0.3) is 17.7 Å². The molecule has 24 heavy (non-hydrogen) atoms. The lowest BCUT2D eigenvalue weighted by atomic mass is 10.1. The van der Waals surface area contributed by atoms with Crippen molar-refractivity contribution < 1.29 is 23.9 Å². The van der Waals surface area contributed by atoms with Crippen molar-refractivity contribution in [3.05, 3.63) is 59.2 Å². The summed E-state index contributed by atoms with van der Waals surface area (Å²) < 4.78 is 4.93. The summed E-state index contributed by atoms with van der Waals surface area (Å²) in [5, 5.41) is 4.81. The van der Waals surface area contributed by atoms with Crippen LogP contribution in [0.4, 0.5) is 5.69 Å². The van der Waals surface area contributed by atoms with Gasteiger partial charge in [0, 0.05) is 18.2 Å². The summed E-state index contributed by atoms with van der Waals surface area (Å²) in [6.45, 7) is 1.27. The summed E-state index contributed by atoms with van der Waals surface area (Å²) in [7, 11) is 0. The lowest BCUT2D eigenvalue weighted by Gasteiger charge is -2.07. The van der Waals surface area contributed by atoms with Crippen molar-refractivity contribution in [1.82, 2.24) is 5.32 Å². The number of nitrogens with one attached hydrogen (secondary N) is 2. The molecule has 0 bridgehead atoms. The zero-order chi connectivity index (χ0) is 17.3. The average Bonchev–Trinajstić information content (AvgIpc) is 2.81. The van der Waals surface area contributed by atoms with Crippen LogP contribution in [0.25, 0.3) is 0 Å². The molecule has 0 saturated carbocycles. The Morgan fingerprint density at radius 3 is 2.50 bits per heavy atom. The van der Waals surface area contributed by atoms with E-state index in [-0.39, 0.29) is 22.4 Å². The molecular formula is C17H12N2O5. The number of ether oxygens (including phenoxy) is 1. The standard InChI is InChI=1S/C17H12N2O5/c1-9(20)24-12-4-2-3-10(7-12)15(21)18-11-5-6-13-14(8-11)17(23)19-16(13)22/h2-8H,1H3,(H,18,21)(H,19,22,23). The first-order valence-electron chi connectivity index (χ1n) is 7.03. The highest BCUT2D eigenvalue weighted by atomic mass is 16.5. The maximum absolute atomic E-state index is 12.3. The van der Waals surface area contributed by atoms with E-state index >= 15 is 0 Å². The van der Waals surface area contributed by atoms with Crippen LogP contribution in [-0.4, -0.2) is 23.7 Å². The first-order chi connectivity index (χ1) is 11.4. The fourth-order valence-corrected chi connectivity index (χ4v) is 2.32. The minimum atomic E-state index is -0.497. The molecule has 0 aliphatic carbocycles. The third-order valence-electron chi connectivity index (χ3n) is 3.35. The van der Waals surface area contributed by atoms with Crippen LogP contribution in [0.1, 0.15) is 38.0 Å². The van der Waals surface area contributed by atoms with Crippen molar-refractivity contribution >= 4 is 29.4 Å². The Morgan fingerprint density at radius 1 is 1.00 bits per heavy atom. The highest BCUT2D eigenvalue weighted by Crippen LogP contribution is 2.21. The number of carbonyl (C=O) groups is 4. The number of fused-ring (bicyclic) bond motifs is 1. The number of benzene rings is 2. The fraction of sp³-hybridized carbons (Fsp3) is 0.0588. The van der Waals surface area contributed by atoms with E-state index in [0.29, 0.717) is 5.69 Å². The van der Waals surface area contributed by atoms with Crippen molar-refractivity contribution in [3.8, 4) is 5.75 Å². The van der Waals surface area contributed by atoms with Crippen molar-refractivity contribution in [3.63, 3.8) is 0 Å². The number of hydrogen-bond acceptors (Lipinski definition) is 5. The highest BCUT2D eigenvalue weighted by Gasteiger charge is 2.26. The van der Waals surface area contributed by atoms with Gasteiger partial charge in [0.15, 0.2) is 0 Å². The molecule has 0 aromatic heterocycles. The molecular weight excluding hydrogens is 312 g/mol. The Kier molecular flexibility index (Phi) is 3.83. The zero-order valence-electron chi connectivity index (χ0n) is 12.6. The third kappa shape index (κ3) is 3.00. The predicted octanol–water partition coefficient (Wildman–Crippen LogP) is 1.75. The summed E-state index contributed by atoms with van der Waals surface area (Å²) in [5.74, 6) is -1.62. The van der Waals surface area contributed by atoms with Crippen LogP contribution >= 0.6 is 0 Å². The Labute approximate surface area is 136 Å². The normalized spacial score (nSPS) is 12.4. The van der Waals surface area contributed by atoms with Crippen LogP contribution in [0.2, 0.25) is 0 Å². The van der Waals surface area contributed by atoms with E-state index < -0.39 is 23.7 Å². The summed E-state index contributed by atoms with van der Waals surface area (Å²) >= 11 is 0. The van der Waals surface area contributed by atoms with Crippen LogP contribution in [0.5, 0.6) is 5.75 Å². The van der Waals surface area contributed by atoms with E-state index in [1.54, 1.807) is 18.2 Å². The largest absolute Gasteiger partial charge is 0.427 e. The number of hydrogen-bond donors (Lipinski definition) is 2. The maximum Gasteiger partial charge on any atom is 0.308 e. The molecule has 2 N–H and O–H groups in total. The van der Waals surface area contributed by atoms with Crippen LogP contribution in [0, 0.1) is 0 Å². The van der Waals surface area contributed by atoms with Crippen molar-refractivity contribution in [2.45, 2.75) is 6.92 Å². The maximum atomic E-state index is 12.3. The predicted molar refractivity (Wildman–Crippen MR) is 83.9 cm³/mol. The van der Waals surface area contributed by atoms with E-state index in [4.69, 9.17) is 4.74 Å². The van der Waals surface area contributed by atoms with Crippen molar-refractivity contribution in [1.29, 1.82) is 0 Å². The first kappa shape index (κ1) is 15.4. The van der Waals surface area contributed by atoms with Gasteiger partial charge in [-0.05, 0) is 36.4 Å². The second-order valence-electron chi connectivity index (χ2n) is 5.12. The van der Waals surface area contributed by atoms with Gasteiger partial charge in [0.2, 0.25) is 0 Å². The van der Waals surface area contributed by atoms with Crippen molar-refractivity contribution in [2.75, 3.05) is 5.32 Å².